The number of thioether (sulfide) groups is 1. The molecule has 0 radical (unpaired) electrons. The summed E-state index contributed by atoms with van der Waals surface area (Å²) in [5, 5.41) is 10.0. The summed E-state index contributed by atoms with van der Waals surface area (Å²) >= 11 is 7.71. The van der Waals surface area contributed by atoms with E-state index in [2.05, 4.69) is 31.3 Å². The summed E-state index contributed by atoms with van der Waals surface area (Å²) in [6, 6.07) is 7.69. The quantitative estimate of drug-likeness (QED) is 0.375. The first-order valence-electron chi connectivity index (χ1n) is 7.35. The minimum Gasteiger partial charge on any atom is -0.298 e. The predicted molar refractivity (Wildman–Crippen MR) is 96.9 cm³/mol. The molecule has 3 aromatic rings. The van der Waals surface area contributed by atoms with Gasteiger partial charge in [-0.2, -0.15) is 0 Å². The molecule has 122 valence electrons. The molecule has 0 aliphatic rings. The van der Waals surface area contributed by atoms with Crippen molar-refractivity contribution in [3.63, 3.8) is 0 Å². The topological polar surface area (TPSA) is 56.5 Å². The molecule has 0 saturated carbocycles. The van der Waals surface area contributed by atoms with E-state index in [9.17, 15) is 0 Å². The van der Waals surface area contributed by atoms with Crippen LogP contribution in [0.1, 0.15) is 12.5 Å². The predicted octanol–water partition coefficient (Wildman–Crippen LogP) is 4.26. The maximum atomic E-state index is 6.13. The van der Waals surface area contributed by atoms with E-state index in [0.29, 0.717) is 17.5 Å². The van der Waals surface area contributed by atoms with Gasteiger partial charge in [-0.3, -0.25) is 9.55 Å². The Bertz CT molecular complexity index is 847. The summed E-state index contributed by atoms with van der Waals surface area (Å²) in [4.78, 5) is 8.16. The first kappa shape index (κ1) is 16.7. The Kier molecular flexibility index (Phi) is 5.27. The Balaban J connectivity index is 1.89. The van der Waals surface area contributed by atoms with Crippen LogP contribution in [0, 0.1) is 0 Å². The van der Waals surface area contributed by atoms with Crippen LogP contribution in [0.5, 0.6) is 0 Å². The molecule has 0 fully saturated rings. The normalized spacial score (nSPS) is 10.8. The van der Waals surface area contributed by atoms with Crippen LogP contribution in [0.4, 0.5) is 0 Å². The third-order valence-corrected chi connectivity index (χ3v) is 4.63. The van der Waals surface area contributed by atoms with E-state index in [4.69, 9.17) is 11.6 Å². The number of allylic oxidation sites excluding steroid dienone is 1. The SMILES string of the molecule is C=C(C)Cn1c(SCc2cccnc2Cl)nnc1-c1ccncc1. The molecule has 24 heavy (non-hydrogen) atoms. The number of aromatic nitrogens is 5. The van der Waals surface area contributed by atoms with Crippen LogP contribution in [0.2, 0.25) is 5.15 Å². The second-order valence-electron chi connectivity index (χ2n) is 5.33. The lowest BCUT2D eigenvalue weighted by Crippen LogP contribution is -2.03. The van der Waals surface area contributed by atoms with Crippen molar-refractivity contribution < 1.29 is 0 Å². The number of halogens is 1. The van der Waals surface area contributed by atoms with Crippen LogP contribution in [0.3, 0.4) is 0 Å². The Labute approximate surface area is 149 Å². The molecule has 0 spiro atoms. The van der Waals surface area contributed by atoms with Crippen LogP contribution >= 0.6 is 23.4 Å². The summed E-state index contributed by atoms with van der Waals surface area (Å²) < 4.78 is 2.06. The summed E-state index contributed by atoms with van der Waals surface area (Å²) in [5.41, 5.74) is 2.98. The minimum atomic E-state index is 0.519. The largest absolute Gasteiger partial charge is 0.298 e. The fraction of sp³-hybridized carbons (Fsp3) is 0.176. The molecule has 0 bridgehead atoms. The highest BCUT2D eigenvalue weighted by Crippen LogP contribution is 2.28. The first-order chi connectivity index (χ1) is 11.6. The van der Waals surface area contributed by atoms with Crippen molar-refractivity contribution in [1.29, 1.82) is 0 Å². The van der Waals surface area contributed by atoms with Crippen LogP contribution in [-0.4, -0.2) is 24.7 Å². The van der Waals surface area contributed by atoms with Gasteiger partial charge in [-0.15, -0.1) is 10.2 Å². The molecule has 3 rings (SSSR count). The van der Waals surface area contributed by atoms with Gasteiger partial charge in [0.15, 0.2) is 11.0 Å². The van der Waals surface area contributed by atoms with E-state index in [1.165, 1.54) is 0 Å². The van der Waals surface area contributed by atoms with Crippen LogP contribution < -0.4 is 0 Å². The molecular weight excluding hydrogens is 342 g/mol. The van der Waals surface area contributed by atoms with Crippen molar-refractivity contribution in [1.82, 2.24) is 24.7 Å². The maximum absolute atomic E-state index is 6.13. The highest BCUT2D eigenvalue weighted by atomic mass is 35.5. The van der Waals surface area contributed by atoms with E-state index < -0.39 is 0 Å². The van der Waals surface area contributed by atoms with Crippen molar-refractivity contribution in [2.24, 2.45) is 0 Å². The number of nitrogens with zero attached hydrogens (tertiary/aromatic N) is 5. The van der Waals surface area contributed by atoms with Gasteiger partial charge in [0.1, 0.15) is 5.15 Å². The highest BCUT2D eigenvalue weighted by molar-refractivity contribution is 7.98. The van der Waals surface area contributed by atoms with Crippen LogP contribution in [0.15, 0.2) is 60.2 Å². The van der Waals surface area contributed by atoms with Gasteiger partial charge in [0.25, 0.3) is 0 Å². The average Bonchev–Trinajstić information content (AvgIpc) is 2.97. The van der Waals surface area contributed by atoms with Gasteiger partial charge in [-0.1, -0.05) is 41.6 Å². The molecule has 5 nitrogen and oxygen atoms in total. The molecule has 0 N–H and O–H groups in total. The smallest absolute Gasteiger partial charge is 0.192 e. The van der Waals surface area contributed by atoms with Crippen molar-refractivity contribution in [2.75, 3.05) is 0 Å². The summed E-state index contributed by atoms with van der Waals surface area (Å²) in [7, 11) is 0. The zero-order valence-electron chi connectivity index (χ0n) is 13.2. The zero-order valence-corrected chi connectivity index (χ0v) is 14.8. The molecule has 0 saturated heterocycles. The van der Waals surface area contributed by atoms with Crippen molar-refractivity contribution in [3.05, 3.63) is 65.7 Å². The van der Waals surface area contributed by atoms with E-state index in [-0.39, 0.29) is 0 Å². The standard InChI is InChI=1S/C17H16ClN5S/c1-12(2)10-23-16(13-5-8-19-9-6-13)21-22-17(23)24-11-14-4-3-7-20-15(14)18/h3-9H,1,10-11H2,2H3. The molecule has 0 aliphatic heterocycles. The molecule has 0 amide bonds. The second-order valence-corrected chi connectivity index (χ2v) is 6.63. The molecular formula is C17H16ClN5S. The van der Waals surface area contributed by atoms with Crippen LogP contribution in [0.25, 0.3) is 11.4 Å². The molecule has 0 aliphatic carbocycles. The summed E-state index contributed by atoms with van der Waals surface area (Å²) in [6.07, 6.45) is 5.18. The first-order valence-corrected chi connectivity index (χ1v) is 8.71. The van der Waals surface area contributed by atoms with E-state index in [1.807, 2.05) is 31.2 Å². The lowest BCUT2D eigenvalue weighted by molar-refractivity contribution is 0.706. The Morgan fingerprint density at radius 1 is 1.21 bits per heavy atom. The Morgan fingerprint density at radius 3 is 2.71 bits per heavy atom. The molecule has 7 heteroatoms. The summed E-state index contributed by atoms with van der Waals surface area (Å²) in [6.45, 7) is 6.66. The van der Waals surface area contributed by atoms with Gasteiger partial charge >= 0.3 is 0 Å². The second kappa shape index (κ2) is 7.59. The monoisotopic (exact) mass is 357 g/mol. The van der Waals surface area contributed by atoms with Crippen molar-refractivity contribution >= 4 is 23.4 Å². The van der Waals surface area contributed by atoms with Gasteiger partial charge in [-0.25, -0.2) is 4.98 Å². The lowest BCUT2D eigenvalue weighted by Gasteiger charge is -2.10. The van der Waals surface area contributed by atoms with E-state index in [1.54, 1.807) is 30.4 Å². The van der Waals surface area contributed by atoms with Crippen LogP contribution in [-0.2, 0) is 12.3 Å². The van der Waals surface area contributed by atoms with Gasteiger partial charge in [0.05, 0.1) is 0 Å². The fourth-order valence-electron chi connectivity index (χ4n) is 2.19. The van der Waals surface area contributed by atoms with Crippen molar-refractivity contribution in [2.45, 2.75) is 24.4 Å². The molecule has 3 heterocycles. The zero-order chi connectivity index (χ0) is 16.9. The number of rotatable bonds is 6. The third kappa shape index (κ3) is 3.83. The van der Waals surface area contributed by atoms with Gasteiger partial charge in [0, 0.05) is 36.5 Å². The summed E-state index contributed by atoms with van der Waals surface area (Å²) in [5.74, 6) is 1.48. The minimum absolute atomic E-state index is 0.519. The number of hydrogen-bond donors (Lipinski definition) is 0. The molecule has 0 atom stereocenters. The maximum Gasteiger partial charge on any atom is 0.192 e. The third-order valence-electron chi connectivity index (χ3n) is 3.28. The molecule has 0 unspecified atom stereocenters. The Hall–Kier alpha value is -2.18. The van der Waals surface area contributed by atoms with Gasteiger partial charge in [0.2, 0.25) is 0 Å². The van der Waals surface area contributed by atoms with E-state index >= 15 is 0 Å². The number of pyridine rings is 2. The number of hydrogen-bond acceptors (Lipinski definition) is 5. The van der Waals surface area contributed by atoms with Gasteiger partial charge in [-0.05, 0) is 30.7 Å². The van der Waals surface area contributed by atoms with Gasteiger partial charge < -0.3 is 0 Å². The van der Waals surface area contributed by atoms with Crippen molar-refractivity contribution in [3.8, 4) is 11.4 Å². The average molecular weight is 358 g/mol. The molecule has 3 aromatic heterocycles. The highest BCUT2D eigenvalue weighted by Gasteiger charge is 2.15. The fourth-order valence-corrected chi connectivity index (χ4v) is 3.38. The Morgan fingerprint density at radius 2 is 2.00 bits per heavy atom. The molecule has 0 aromatic carbocycles. The van der Waals surface area contributed by atoms with E-state index in [0.717, 1.165) is 27.7 Å². The lowest BCUT2D eigenvalue weighted by atomic mass is 10.2.